The summed E-state index contributed by atoms with van der Waals surface area (Å²) in [5.74, 6) is 0. The Labute approximate surface area is 80.3 Å². The number of alkyl halides is 3. The van der Waals surface area contributed by atoms with Gasteiger partial charge < -0.3 is 9.30 Å². The standard InChI is InChI=1S/C9H12F3NO/c1-2-14-6-5-13-4-3-8(7-13)9(10,11)12/h3-4,7H,2,5-6H2,1H3. The van der Waals surface area contributed by atoms with E-state index >= 15 is 0 Å². The van der Waals surface area contributed by atoms with Gasteiger partial charge in [0.05, 0.1) is 12.2 Å². The molecule has 0 amide bonds. The Bertz CT molecular complexity index is 280. The minimum Gasteiger partial charge on any atom is -0.380 e. The molecule has 0 N–H and O–H groups in total. The molecule has 1 rings (SSSR count). The molecule has 0 aliphatic rings. The van der Waals surface area contributed by atoms with Gasteiger partial charge in [0.1, 0.15) is 0 Å². The molecule has 1 aromatic heterocycles. The minimum atomic E-state index is -4.25. The largest absolute Gasteiger partial charge is 0.417 e. The van der Waals surface area contributed by atoms with Gasteiger partial charge in [0, 0.05) is 25.5 Å². The fourth-order valence-corrected chi connectivity index (χ4v) is 1.06. The molecule has 1 aromatic rings. The second kappa shape index (κ2) is 4.50. The number of aromatic nitrogens is 1. The number of halogens is 3. The lowest BCUT2D eigenvalue weighted by atomic mass is 10.3. The summed E-state index contributed by atoms with van der Waals surface area (Å²) in [5, 5.41) is 0. The molecule has 1 heterocycles. The first-order chi connectivity index (χ1) is 6.54. The zero-order valence-electron chi connectivity index (χ0n) is 7.84. The van der Waals surface area contributed by atoms with Crippen molar-refractivity contribution in [1.82, 2.24) is 4.57 Å². The smallest absolute Gasteiger partial charge is 0.380 e. The third-order valence-corrected chi connectivity index (χ3v) is 1.78. The highest BCUT2D eigenvalue weighted by molar-refractivity contribution is 5.13. The molecule has 80 valence electrons. The van der Waals surface area contributed by atoms with E-state index in [9.17, 15) is 13.2 Å². The Kier molecular flexibility index (Phi) is 3.57. The highest BCUT2D eigenvalue weighted by Gasteiger charge is 2.31. The maximum absolute atomic E-state index is 12.1. The van der Waals surface area contributed by atoms with E-state index in [1.54, 1.807) is 0 Å². The quantitative estimate of drug-likeness (QED) is 0.692. The summed E-state index contributed by atoms with van der Waals surface area (Å²) in [6.45, 7) is 3.30. The monoisotopic (exact) mass is 207 g/mol. The van der Waals surface area contributed by atoms with Crippen molar-refractivity contribution in [3.63, 3.8) is 0 Å². The van der Waals surface area contributed by atoms with Gasteiger partial charge in [-0.15, -0.1) is 0 Å². The number of hydrogen-bond acceptors (Lipinski definition) is 1. The third kappa shape index (κ3) is 3.06. The van der Waals surface area contributed by atoms with Gasteiger partial charge in [0.2, 0.25) is 0 Å². The van der Waals surface area contributed by atoms with E-state index in [0.717, 1.165) is 12.3 Å². The van der Waals surface area contributed by atoms with Crippen LogP contribution in [0, 0.1) is 0 Å². The first-order valence-electron chi connectivity index (χ1n) is 4.34. The molecule has 0 aliphatic heterocycles. The molecule has 0 unspecified atom stereocenters. The highest BCUT2D eigenvalue weighted by atomic mass is 19.4. The molecule has 5 heteroatoms. The summed E-state index contributed by atoms with van der Waals surface area (Å²) in [4.78, 5) is 0. The fraction of sp³-hybridized carbons (Fsp3) is 0.556. The second-order valence-electron chi connectivity index (χ2n) is 2.83. The van der Waals surface area contributed by atoms with Gasteiger partial charge in [-0.25, -0.2) is 0 Å². The van der Waals surface area contributed by atoms with E-state index in [1.165, 1.54) is 10.8 Å². The van der Waals surface area contributed by atoms with Crippen LogP contribution in [0.1, 0.15) is 12.5 Å². The summed E-state index contributed by atoms with van der Waals surface area (Å²) in [6, 6.07) is 1.06. The first kappa shape index (κ1) is 11.1. The Balaban J connectivity index is 2.51. The van der Waals surface area contributed by atoms with Crippen molar-refractivity contribution in [2.45, 2.75) is 19.6 Å². The topological polar surface area (TPSA) is 14.2 Å². The maximum atomic E-state index is 12.1. The van der Waals surface area contributed by atoms with Crippen molar-refractivity contribution in [3.8, 4) is 0 Å². The summed E-state index contributed by atoms with van der Waals surface area (Å²) < 4.78 is 42.9. The van der Waals surface area contributed by atoms with Crippen LogP contribution in [0.5, 0.6) is 0 Å². The normalized spacial score (nSPS) is 12.0. The summed E-state index contributed by atoms with van der Waals surface area (Å²) in [5.41, 5.74) is -0.617. The summed E-state index contributed by atoms with van der Waals surface area (Å²) in [7, 11) is 0. The second-order valence-corrected chi connectivity index (χ2v) is 2.83. The van der Waals surface area contributed by atoms with E-state index in [0.29, 0.717) is 19.8 Å². The van der Waals surface area contributed by atoms with Crippen molar-refractivity contribution in [3.05, 3.63) is 24.0 Å². The van der Waals surface area contributed by atoms with Crippen molar-refractivity contribution >= 4 is 0 Å². The van der Waals surface area contributed by atoms with Crippen LogP contribution >= 0.6 is 0 Å². The van der Waals surface area contributed by atoms with Gasteiger partial charge in [-0.2, -0.15) is 13.2 Å². The number of rotatable bonds is 4. The van der Waals surface area contributed by atoms with Crippen LogP contribution in [0.15, 0.2) is 18.5 Å². The van der Waals surface area contributed by atoms with Gasteiger partial charge in [0.15, 0.2) is 0 Å². The Morgan fingerprint density at radius 2 is 2.14 bits per heavy atom. The van der Waals surface area contributed by atoms with Crippen LogP contribution in [0.3, 0.4) is 0 Å². The van der Waals surface area contributed by atoms with Crippen LogP contribution in [0.4, 0.5) is 13.2 Å². The van der Waals surface area contributed by atoms with Crippen LogP contribution in [0.25, 0.3) is 0 Å². The van der Waals surface area contributed by atoms with E-state index < -0.39 is 11.7 Å². The Hall–Kier alpha value is -0.970. The molecule has 0 bridgehead atoms. The lowest BCUT2D eigenvalue weighted by Crippen LogP contribution is -2.05. The maximum Gasteiger partial charge on any atom is 0.417 e. The van der Waals surface area contributed by atoms with Crippen LogP contribution in [0.2, 0.25) is 0 Å². The predicted octanol–water partition coefficient (Wildman–Crippen LogP) is 2.54. The zero-order valence-corrected chi connectivity index (χ0v) is 7.84. The lowest BCUT2D eigenvalue weighted by molar-refractivity contribution is -0.137. The van der Waals surface area contributed by atoms with Crippen LogP contribution in [-0.4, -0.2) is 17.8 Å². The summed E-state index contributed by atoms with van der Waals surface area (Å²) in [6.07, 6.45) is -1.77. The van der Waals surface area contributed by atoms with E-state index in [-0.39, 0.29) is 0 Å². The highest BCUT2D eigenvalue weighted by Crippen LogP contribution is 2.29. The van der Waals surface area contributed by atoms with Crippen molar-refractivity contribution in [2.24, 2.45) is 0 Å². The molecule has 0 saturated heterocycles. The number of hydrogen-bond donors (Lipinski definition) is 0. The summed E-state index contributed by atoms with van der Waals surface area (Å²) >= 11 is 0. The van der Waals surface area contributed by atoms with Gasteiger partial charge in [-0.1, -0.05) is 0 Å². The molecule has 0 aromatic carbocycles. The van der Waals surface area contributed by atoms with Gasteiger partial charge in [0.25, 0.3) is 0 Å². The Morgan fingerprint density at radius 1 is 1.43 bits per heavy atom. The zero-order chi connectivity index (χ0) is 10.6. The molecule has 0 spiro atoms. The third-order valence-electron chi connectivity index (χ3n) is 1.78. The fourth-order valence-electron chi connectivity index (χ4n) is 1.06. The van der Waals surface area contributed by atoms with Crippen molar-refractivity contribution in [1.29, 1.82) is 0 Å². The van der Waals surface area contributed by atoms with Gasteiger partial charge in [-0.3, -0.25) is 0 Å². The molecular formula is C9H12F3NO. The molecule has 0 aliphatic carbocycles. The van der Waals surface area contributed by atoms with E-state index in [1.807, 2.05) is 6.92 Å². The van der Waals surface area contributed by atoms with Crippen molar-refractivity contribution < 1.29 is 17.9 Å². The average molecular weight is 207 g/mol. The van der Waals surface area contributed by atoms with Gasteiger partial charge >= 0.3 is 6.18 Å². The molecular weight excluding hydrogens is 195 g/mol. The van der Waals surface area contributed by atoms with Crippen LogP contribution in [-0.2, 0) is 17.5 Å². The molecule has 0 saturated carbocycles. The molecule has 0 radical (unpaired) electrons. The molecule has 2 nitrogen and oxygen atoms in total. The van der Waals surface area contributed by atoms with E-state index in [4.69, 9.17) is 4.74 Å². The van der Waals surface area contributed by atoms with Crippen molar-refractivity contribution in [2.75, 3.05) is 13.2 Å². The van der Waals surface area contributed by atoms with Crippen LogP contribution < -0.4 is 0 Å². The lowest BCUT2D eigenvalue weighted by Gasteiger charge is -2.04. The Morgan fingerprint density at radius 3 is 2.64 bits per heavy atom. The first-order valence-corrected chi connectivity index (χ1v) is 4.34. The SMILES string of the molecule is CCOCCn1ccc(C(F)(F)F)c1. The molecule has 0 atom stereocenters. The van der Waals surface area contributed by atoms with E-state index in [2.05, 4.69) is 0 Å². The van der Waals surface area contributed by atoms with Gasteiger partial charge in [-0.05, 0) is 13.0 Å². The number of ether oxygens (including phenoxy) is 1. The average Bonchev–Trinajstić information content (AvgIpc) is 2.52. The molecule has 14 heavy (non-hydrogen) atoms. The molecule has 0 fully saturated rings. The number of nitrogens with zero attached hydrogens (tertiary/aromatic N) is 1. The minimum absolute atomic E-state index is 0.433. The predicted molar refractivity (Wildman–Crippen MR) is 45.9 cm³/mol.